The first-order valence-corrected chi connectivity index (χ1v) is 8.35. The molecule has 0 aliphatic carbocycles. The van der Waals surface area contributed by atoms with Crippen molar-refractivity contribution in [1.82, 2.24) is 5.32 Å². The van der Waals surface area contributed by atoms with Crippen LogP contribution in [0.3, 0.4) is 0 Å². The third kappa shape index (κ3) is 4.76. The zero-order chi connectivity index (χ0) is 15.1. The SMILES string of the molecule is CCCCCCC(C)NC(=O)C1CCc2ccccc2N1. The van der Waals surface area contributed by atoms with Gasteiger partial charge in [-0.1, -0.05) is 50.8 Å². The van der Waals surface area contributed by atoms with E-state index in [1.807, 2.05) is 6.07 Å². The van der Waals surface area contributed by atoms with E-state index in [0.717, 1.165) is 24.9 Å². The van der Waals surface area contributed by atoms with Gasteiger partial charge >= 0.3 is 0 Å². The Morgan fingerprint density at radius 3 is 2.95 bits per heavy atom. The number of carbonyl (C=O) groups excluding carboxylic acids is 1. The first-order valence-electron chi connectivity index (χ1n) is 8.35. The van der Waals surface area contributed by atoms with Crippen LogP contribution in [0.2, 0.25) is 0 Å². The molecule has 2 unspecified atom stereocenters. The summed E-state index contributed by atoms with van der Waals surface area (Å²) in [6.07, 6.45) is 7.96. The van der Waals surface area contributed by atoms with Gasteiger partial charge in [0.2, 0.25) is 5.91 Å². The van der Waals surface area contributed by atoms with Gasteiger partial charge in [0.25, 0.3) is 0 Å². The molecule has 21 heavy (non-hydrogen) atoms. The summed E-state index contributed by atoms with van der Waals surface area (Å²) in [5.74, 6) is 0.146. The molecular formula is C18H28N2O. The average Bonchev–Trinajstić information content (AvgIpc) is 2.51. The van der Waals surface area contributed by atoms with Crippen LogP contribution < -0.4 is 10.6 Å². The first kappa shape index (κ1) is 15.9. The molecule has 3 heteroatoms. The second-order valence-corrected chi connectivity index (χ2v) is 6.15. The van der Waals surface area contributed by atoms with Crippen LogP contribution in [0.25, 0.3) is 0 Å². The molecule has 0 radical (unpaired) electrons. The normalized spacial score (nSPS) is 18.5. The summed E-state index contributed by atoms with van der Waals surface area (Å²) in [6, 6.07) is 8.45. The zero-order valence-corrected chi connectivity index (χ0v) is 13.3. The number of carbonyl (C=O) groups is 1. The van der Waals surface area contributed by atoms with Crippen molar-refractivity contribution >= 4 is 11.6 Å². The van der Waals surface area contributed by atoms with Crippen molar-refractivity contribution in [3.05, 3.63) is 29.8 Å². The smallest absolute Gasteiger partial charge is 0.242 e. The van der Waals surface area contributed by atoms with Crippen molar-refractivity contribution in [2.75, 3.05) is 5.32 Å². The number of para-hydroxylation sites is 1. The number of aryl methyl sites for hydroxylation is 1. The molecule has 0 saturated heterocycles. The highest BCUT2D eigenvalue weighted by molar-refractivity contribution is 5.85. The molecule has 1 aliphatic heterocycles. The number of hydrogen-bond donors (Lipinski definition) is 2. The zero-order valence-electron chi connectivity index (χ0n) is 13.3. The van der Waals surface area contributed by atoms with Crippen molar-refractivity contribution in [2.45, 2.75) is 70.9 Å². The summed E-state index contributed by atoms with van der Waals surface area (Å²) < 4.78 is 0. The van der Waals surface area contributed by atoms with Gasteiger partial charge in [0.1, 0.15) is 6.04 Å². The molecule has 2 N–H and O–H groups in total. The Kier molecular flexibility index (Phi) is 6.09. The molecule has 0 fully saturated rings. The molecule has 2 rings (SSSR count). The second kappa shape index (κ2) is 8.06. The van der Waals surface area contributed by atoms with Crippen molar-refractivity contribution < 1.29 is 4.79 Å². The molecule has 0 saturated carbocycles. The maximum absolute atomic E-state index is 12.3. The fraction of sp³-hybridized carbons (Fsp3) is 0.611. The van der Waals surface area contributed by atoms with Crippen LogP contribution in [-0.4, -0.2) is 18.0 Å². The Hall–Kier alpha value is -1.51. The summed E-state index contributed by atoms with van der Waals surface area (Å²) in [5.41, 5.74) is 2.42. The standard InChI is InChI=1S/C18H28N2O/c1-3-4-5-6-9-14(2)19-18(21)17-13-12-15-10-7-8-11-16(15)20-17/h7-8,10-11,14,17,20H,3-6,9,12-13H2,1-2H3,(H,19,21). The highest BCUT2D eigenvalue weighted by Crippen LogP contribution is 2.24. The fourth-order valence-electron chi connectivity index (χ4n) is 2.93. The van der Waals surface area contributed by atoms with Crippen LogP contribution in [0.1, 0.15) is 57.9 Å². The van der Waals surface area contributed by atoms with Crippen LogP contribution in [0.4, 0.5) is 5.69 Å². The predicted octanol–water partition coefficient (Wildman–Crippen LogP) is 3.89. The summed E-state index contributed by atoms with van der Waals surface area (Å²) in [4.78, 5) is 12.3. The maximum Gasteiger partial charge on any atom is 0.242 e. The van der Waals surface area contributed by atoms with Gasteiger partial charge in [0.05, 0.1) is 0 Å². The van der Waals surface area contributed by atoms with E-state index in [2.05, 4.69) is 42.7 Å². The van der Waals surface area contributed by atoms with E-state index >= 15 is 0 Å². The van der Waals surface area contributed by atoms with E-state index in [0.29, 0.717) is 0 Å². The molecular weight excluding hydrogens is 260 g/mol. The van der Waals surface area contributed by atoms with E-state index in [4.69, 9.17) is 0 Å². The van der Waals surface area contributed by atoms with Crippen molar-refractivity contribution in [3.8, 4) is 0 Å². The lowest BCUT2D eigenvalue weighted by molar-refractivity contribution is -0.122. The minimum Gasteiger partial charge on any atom is -0.373 e. The minimum atomic E-state index is -0.0852. The topological polar surface area (TPSA) is 41.1 Å². The minimum absolute atomic E-state index is 0.0852. The Labute approximate surface area is 128 Å². The number of nitrogens with one attached hydrogen (secondary N) is 2. The number of fused-ring (bicyclic) bond motifs is 1. The van der Waals surface area contributed by atoms with E-state index in [9.17, 15) is 4.79 Å². The van der Waals surface area contributed by atoms with Gasteiger partial charge in [0.15, 0.2) is 0 Å². The van der Waals surface area contributed by atoms with Crippen LogP contribution >= 0.6 is 0 Å². The lowest BCUT2D eigenvalue weighted by Gasteiger charge is -2.27. The molecule has 0 spiro atoms. The van der Waals surface area contributed by atoms with Crippen LogP contribution in [-0.2, 0) is 11.2 Å². The van der Waals surface area contributed by atoms with Gasteiger partial charge in [0, 0.05) is 11.7 Å². The Balaban J connectivity index is 1.76. The number of benzene rings is 1. The van der Waals surface area contributed by atoms with Gasteiger partial charge in [-0.15, -0.1) is 0 Å². The van der Waals surface area contributed by atoms with Gasteiger partial charge in [-0.05, 0) is 37.8 Å². The second-order valence-electron chi connectivity index (χ2n) is 6.15. The summed E-state index contributed by atoms with van der Waals surface area (Å²) >= 11 is 0. The van der Waals surface area contributed by atoms with E-state index in [1.165, 1.54) is 31.2 Å². The number of rotatable bonds is 7. The highest BCUT2D eigenvalue weighted by atomic mass is 16.2. The molecule has 1 aliphatic rings. The molecule has 1 aromatic carbocycles. The fourth-order valence-corrected chi connectivity index (χ4v) is 2.93. The van der Waals surface area contributed by atoms with Gasteiger partial charge < -0.3 is 10.6 Å². The molecule has 1 heterocycles. The van der Waals surface area contributed by atoms with E-state index in [1.54, 1.807) is 0 Å². The quantitative estimate of drug-likeness (QED) is 0.747. The number of unbranched alkanes of at least 4 members (excludes halogenated alkanes) is 3. The Bertz CT molecular complexity index is 458. The van der Waals surface area contributed by atoms with Crippen LogP contribution in [0.5, 0.6) is 0 Å². The van der Waals surface area contributed by atoms with Crippen molar-refractivity contribution in [3.63, 3.8) is 0 Å². The summed E-state index contributed by atoms with van der Waals surface area (Å²) in [6.45, 7) is 4.33. The highest BCUT2D eigenvalue weighted by Gasteiger charge is 2.24. The van der Waals surface area contributed by atoms with E-state index < -0.39 is 0 Å². The number of anilines is 1. The Morgan fingerprint density at radius 2 is 2.14 bits per heavy atom. The van der Waals surface area contributed by atoms with Crippen molar-refractivity contribution in [2.24, 2.45) is 0 Å². The molecule has 0 bridgehead atoms. The van der Waals surface area contributed by atoms with Crippen LogP contribution in [0.15, 0.2) is 24.3 Å². The number of hydrogen-bond acceptors (Lipinski definition) is 2. The third-order valence-electron chi connectivity index (χ3n) is 4.25. The average molecular weight is 288 g/mol. The summed E-state index contributed by atoms with van der Waals surface area (Å²) in [7, 11) is 0. The monoisotopic (exact) mass is 288 g/mol. The molecule has 0 aromatic heterocycles. The van der Waals surface area contributed by atoms with Crippen molar-refractivity contribution in [1.29, 1.82) is 0 Å². The van der Waals surface area contributed by atoms with Crippen LogP contribution in [0, 0.1) is 0 Å². The van der Waals surface area contributed by atoms with Gasteiger partial charge in [-0.25, -0.2) is 0 Å². The lowest BCUT2D eigenvalue weighted by Crippen LogP contribution is -2.45. The number of amides is 1. The lowest BCUT2D eigenvalue weighted by atomic mass is 9.97. The molecule has 1 aromatic rings. The van der Waals surface area contributed by atoms with Gasteiger partial charge in [-0.3, -0.25) is 4.79 Å². The molecule has 116 valence electrons. The molecule has 2 atom stereocenters. The predicted molar refractivity (Wildman–Crippen MR) is 88.5 cm³/mol. The largest absolute Gasteiger partial charge is 0.373 e. The summed E-state index contributed by atoms with van der Waals surface area (Å²) in [5, 5.41) is 6.52. The Morgan fingerprint density at radius 1 is 1.33 bits per heavy atom. The first-order chi connectivity index (χ1) is 10.2. The van der Waals surface area contributed by atoms with E-state index in [-0.39, 0.29) is 18.0 Å². The maximum atomic E-state index is 12.3. The third-order valence-corrected chi connectivity index (χ3v) is 4.25. The molecule has 1 amide bonds. The van der Waals surface area contributed by atoms with Gasteiger partial charge in [-0.2, -0.15) is 0 Å². The molecule has 3 nitrogen and oxygen atoms in total.